The van der Waals surface area contributed by atoms with Gasteiger partial charge < -0.3 is 10.2 Å². The molecular weight excluding hydrogens is 322 g/mol. The van der Waals surface area contributed by atoms with Gasteiger partial charge in [0.2, 0.25) is 0 Å². The van der Waals surface area contributed by atoms with Gasteiger partial charge in [-0.05, 0) is 25.0 Å². The van der Waals surface area contributed by atoms with Crippen molar-refractivity contribution in [2.45, 2.75) is 18.9 Å². The number of carbonyl (C=O) groups is 1. The van der Waals surface area contributed by atoms with E-state index in [1.54, 1.807) is 17.5 Å². The van der Waals surface area contributed by atoms with Gasteiger partial charge in [-0.15, -0.1) is 11.3 Å². The lowest BCUT2D eigenvalue weighted by Crippen LogP contribution is -2.44. The molecule has 4 rings (SSSR count). The lowest BCUT2D eigenvalue weighted by molar-refractivity contribution is 0.0926. The smallest absolute Gasteiger partial charge is 0.271 e. The van der Waals surface area contributed by atoms with Crippen LogP contribution in [0.15, 0.2) is 42.0 Å². The molecule has 0 atom stereocenters. The Balaban J connectivity index is 1.39. The third kappa shape index (κ3) is 3.07. The molecule has 3 aromatic rings. The molecule has 1 aliphatic heterocycles. The number of hydrogen-bond acceptors (Lipinski definition) is 6. The third-order valence-electron chi connectivity index (χ3n) is 4.20. The van der Waals surface area contributed by atoms with Gasteiger partial charge >= 0.3 is 0 Å². The highest BCUT2D eigenvalue weighted by molar-refractivity contribution is 7.13. The van der Waals surface area contributed by atoms with Gasteiger partial charge in [0, 0.05) is 30.7 Å². The van der Waals surface area contributed by atoms with Crippen molar-refractivity contribution in [3.05, 3.63) is 47.7 Å². The van der Waals surface area contributed by atoms with Crippen molar-refractivity contribution in [3.8, 4) is 0 Å². The topological polar surface area (TPSA) is 71.0 Å². The summed E-state index contributed by atoms with van der Waals surface area (Å²) in [5.41, 5.74) is 1.91. The second kappa shape index (κ2) is 6.52. The average molecular weight is 339 g/mol. The van der Waals surface area contributed by atoms with E-state index in [0.717, 1.165) is 42.1 Å². The van der Waals surface area contributed by atoms with Crippen molar-refractivity contribution in [2.24, 2.45) is 0 Å². The zero-order valence-electron chi connectivity index (χ0n) is 13.1. The van der Waals surface area contributed by atoms with Crippen LogP contribution in [0.3, 0.4) is 0 Å². The van der Waals surface area contributed by atoms with Crippen LogP contribution in [0.25, 0.3) is 11.0 Å². The van der Waals surface area contributed by atoms with Crippen LogP contribution in [0.5, 0.6) is 0 Å². The molecule has 1 aromatic carbocycles. The van der Waals surface area contributed by atoms with Gasteiger partial charge in [0.1, 0.15) is 5.69 Å². The lowest BCUT2D eigenvalue weighted by atomic mass is 10.1. The van der Waals surface area contributed by atoms with E-state index in [9.17, 15) is 4.79 Å². The van der Waals surface area contributed by atoms with Crippen LogP contribution < -0.4 is 10.2 Å². The maximum Gasteiger partial charge on any atom is 0.271 e. The second-order valence-corrected chi connectivity index (χ2v) is 6.67. The summed E-state index contributed by atoms with van der Waals surface area (Å²) in [4.78, 5) is 27.7. The maximum atomic E-state index is 12.4. The van der Waals surface area contributed by atoms with Crippen LogP contribution in [-0.2, 0) is 0 Å². The van der Waals surface area contributed by atoms with Crippen molar-refractivity contribution in [2.75, 3.05) is 18.0 Å². The highest BCUT2D eigenvalue weighted by Crippen LogP contribution is 2.22. The van der Waals surface area contributed by atoms with Crippen LogP contribution in [-0.4, -0.2) is 40.0 Å². The number of nitrogens with one attached hydrogen (secondary N) is 1. The number of piperidine rings is 1. The minimum absolute atomic E-state index is 0.152. The Kier molecular flexibility index (Phi) is 4.08. The highest BCUT2D eigenvalue weighted by Gasteiger charge is 2.23. The Morgan fingerprint density at radius 2 is 1.96 bits per heavy atom. The lowest BCUT2D eigenvalue weighted by Gasteiger charge is -2.32. The molecule has 0 unspecified atom stereocenters. The van der Waals surface area contributed by atoms with Crippen LogP contribution >= 0.6 is 11.3 Å². The summed E-state index contributed by atoms with van der Waals surface area (Å²) in [6.07, 6.45) is 5.19. The van der Waals surface area contributed by atoms with Crippen molar-refractivity contribution in [1.29, 1.82) is 0 Å². The number of rotatable bonds is 3. The molecular formula is C17H17N5OS. The van der Waals surface area contributed by atoms with Gasteiger partial charge in [0.15, 0.2) is 5.13 Å². The first-order chi connectivity index (χ1) is 11.8. The number of para-hydroxylation sites is 2. The summed E-state index contributed by atoms with van der Waals surface area (Å²) >= 11 is 1.65. The number of amides is 1. The van der Waals surface area contributed by atoms with E-state index in [1.165, 1.54) is 0 Å². The molecule has 0 radical (unpaired) electrons. The second-order valence-electron chi connectivity index (χ2n) is 5.79. The fourth-order valence-corrected chi connectivity index (χ4v) is 3.61. The van der Waals surface area contributed by atoms with E-state index in [1.807, 2.05) is 35.8 Å². The first-order valence-corrected chi connectivity index (χ1v) is 8.85. The fraction of sp³-hybridized carbons (Fsp3) is 0.294. The van der Waals surface area contributed by atoms with Gasteiger partial charge in [-0.2, -0.15) is 0 Å². The molecule has 24 heavy (non-hydrogen) atoms. The summed E-state index contributed by atoms with van der Waals surface area (Å²) in [5, 5.41) is 6.12. The Labute approximate surface area is 143 Å². The van der Waals surface area contributed by atoms with E-state index < -0.39 is 0 Å². The standard InChI is InChI=1S/C17H17N5OS/c23-16(15-11-19-13-3-1-2-4-14(13)21-15)20-12-5-8-22(9-6-12)17-18-7-10-24-17/h1-4,7,10-12H,5-6,8-9H2,(H,20,23). The van der Waals surface area contributed by atoms with Crippen LogP contribution in [0, 0.1) is 0 Å². The number of hydrogen-bond donors (Lipinski definition) is 1. The van der Waals surface area contributed by atoms with E-state index >= 15 is 0 Å². The Bertz CT molecular complexity index is 843. The van der Waals surface area contributed by atoms with Crippen LogP contribution in [0.4, 0.5) is 5.13 Å². The molecule has 3 heterocycles. The number of aromatic nitrogens is 3. The first kappa shape index (κ1) is 15.0. The Morgan fingerprint density at radius 1 is 1.17 bits per heavy atom. The molecule has 2 aromatic heterocycles. The Morgan fingerprint density at radius 3 is 2.71 bits per heavy atom. The van der Waals surface area contributed by atoms with E-state index in [4.69, 9.17) is 0 Å². The molecule has 122 valence electrons. The Hall–Kier alpha value is -2.54. The van der Waals surface area contributed by atoms with Gasteiger partial charge in [0.25, 0.3) is 5.91 Å². The molecule has 0 spiro atoms. The largest absolute Gasteiger partial charge is 0.348 e. The monoisotopic (exact) mass is 339 g/mol. The third-order valence-corrected chi connectivity index (χ3v) is 5.03. The summed E-state index contributed by atoms with van der Waals surface area (Å²) < 4.78 is 0. The van der Waals surface area contributed by atoms with Crippen molar-refractivity contribution in [1.82, 2.24) is 20.3 Å². The highest BCUT2D eigenvalue weighted by atomic mass is 32.1. The number of fused-ring (bicyclic) bond motifs is 1. The van der Waals surface area contributed by atoms with E-state index in [-0.39, 0.29) is 11.9 Å². The van der Waals surface area contributed by atoms with Crippen LogP contribution in [0.1, 0.15) is 23.3 Å². The quantitative estimate of drug-likeness (QED) is 0.794. The summed E-state index contributed by atoms with van der Waals surface area (Å²) in [7, 11) is 0. The zero-order valence-corrected chi connectivity index (χ0v) is 13.9. The van der Waals surface area contributed by atoms with Gasteiger partial charge in [-0.1, -0.05) is 12.1 Å². The molecule has 1 aliphatic rings. The first-order valence-electron chi connectivity index (χ1n) is 7.97. The number of nitrogens with zero attached hydrogens (tertiary/aromatic N) is 4. The predicted molar refractivity (Wildman–Crippen MR) is 94.4 cm³/mol. The molecule has 1 fully saturated rings. The predicted octanol–water partition coefficient (Wildman–Crippen LogP) is 2.49. The minimum atomic E-state index is -0.152. The molecule has 6 nitrogen and oxygen atoms in total. The average Bonchev–Trinajstić information content (AvgIpc) is 3.16. The SMILES string of the molecule is O=C(NC1CCN(c2nccs2)CC1)c1cnc2ccccc2n1. The van der Waals surface area contributed by atoms with E-state index in [2.05, 4.69) is 25.2 Å². The van der Waals surface area contributed by atoms with Crippen molar-refractivity contribution >= 4 is 33.4 Å². The molecule has 0 saturated carbocycles. The summed E-state index contributed by atoms with van der Waals surface area (Å²) in [5.74, 6) is -0.152. The van der Waals surface area contributed by atoms with Gasteiger partial charge in [-0.25, -0.2) is 9.97 Å². The molecule has 1 saturated heterocycles. The van der Waals surface area contributed by atoms with Crippen molar-refractivity contribution in [3.63, 3.8) is 0 Å². The summed E-state index contributed by atoms with van der Waals surface area (Å²) in [6, 6.07) is 7.73. The number of thiazole rings is 1. The number of anilines is 1. The number of carbonyl (C=O) groups excluding carboxylic acids is 1. The van der Waals surface area contributed by atoms with E-state index in [0.29, 0.717) is 5.69 Å². The van der Waals surface area contributed by atoms with Crippen molar-refractivity contribution < 1.29 is 4.79 Å². The molecule has 1 N–H and O–H groups in total. The minimum Gasteiger partial charge on any atom is -0.348 e. The van der Waals surface area contributed by atoms with Gasteiger partial charge in [-0.3, -0.25) is 9.78 Å². The molecule has 0 aliphatic carbocycles. The summed E-state index contributed by atoms with van der Waals surface area (Å²) in [6.45, 7) is 1.81. The maximum absolute atomic E-state index is 12.4. The number of benzene rings is 1. The molecule has 0 bridgehead atoms. The zero-order chi connectivity index (χ0) is 16.4. The molecule has 1 amide bonds. The fourth-order valence-electron chi connectivity index (χ4n) is 2.91. The normalized spacial score (nSPS) is 15.6. The van der Waals surface area contributed by atoms with Crippen LogP contribution in [0.2, 0.25) is 0 Å². The van der Waals surface area contributed by atoms with Gasteiger partial charge in [0.05, 0.1) is 17.2 Å². The molecule has 7 heteroatoms.